The van der Waals surface area contributed by atoms with Gasteiger partial charge in [0.05, 0.1) is 38.0 Å². The van der Waals surface area contributed by atoms with Crippen molar-refractivity contribution in [2.45, 2.75) is 76.5 Å². The fourth-order valence-corrected chi connectivity index (χ4v) is 3.82. The standard InChI is InChI=1S/C15H33ClN.C7H8O3S/c1-4-5-6-7-8-9-10-11-12-14-17(2,3)15-13-16;1-6-2-4-7(5-3-6)11(8,9)10/h4-15H2,1-3H3;2-5H,1H3,(H,8,9,10)/q+1;/p-1. The SMILES string of the molecule is CCCCCCCCCCC[N+](C)(C)CCCl.Cc1ccc(S(=O)(=O)[O-])cc1. The molecule has 1 rings (SSSR count). The highest BCUT2D eigenvalue weighted by Gasteiger charge is 2.12. The lowest BCUT2D eigenvalue weighted by molar-refractivity contribution is -0.888. The van der Waals surface area contributed by atoms with E-state index in [4.69, 9.17) is 11.6 Å². The molecule has 0 bridgehead atoms. The van der Waals surface area contributed by atoms with Gasteiger partial charge >= 0.3 is 0 Å². The zero-order chi connectivity index (χ0) is 21.5. The molecule has 0 aliphatic heterocycles. The van der Waals surface area contributed by atoms with E-state index in [9.17, 15) is 13.0 Å². The van der Waals surface area contributed by atoms with E-state index in [1.54, 1.807) is 12.1 Å². The molecule has 28 heavy (non-hydrogen) atoms. The average Bonchev–Trinajstić information content (AvgIpc) is 2.60. The number of halogens is 1. The smallest absolute Gasteiger partial charge is 0.124 e. The molecule has 0 atom stereocenters. The first-order valence-corrected chi connectivity index (χ1v) is 12.5. The Morgan fingerprint density at radius 3 is 1.75 bits per heavy atom. The molecule has 0 aliphatic rings. The van der Waals surface area contributed by atoms with Gasteiger partial charge in [0.15, 0.2) is 0 Å². The second-order valence-corrected chi connectivity index (χ2v) is 9.93. The number of nitrogens with zero attached hydrogens (tertiary/aromatic N) is 1. The van der Waals surface area contributed by atoms with Crippen LogP contribution in [0.1, 0.15) is 70.3 Å². The number of hydrogen-bond donors (Lipinski definition) is 0. The molecule has 164 valence electrons. The summed E-state index contributed by atoms with van der Waals surface area (Å²) in [5.74, 6) is 0.782. The summed E-state index contributed by atoms with van der Waals surface area (Å²) < 4.78 is 32.2. The highest BCUT2D eigenvalue weighted by molar-refractivity contribution is 7.85. The van der Waals surface area contributed by atoms with Gasteiger partial charge in [-0.3, -0.25) is 0 Å². The minimum Gasteiger partial charge on any atom is -0.744 e. The predicted molar refractivity (Wildman–Crippen MR) is 119 cm³/mol. The Bertz CT molecular complexity index is 601. The largest absolute Gasteiger partial charge is 0.744 e. The third-order valence-corrected chi connectivity index (χ3v) is 5.89. The normalized spacial score (nSPS) is 11.8. The van der Waals surface area contributed by atoms with Gasteiger partial charge in [-0.25, -0.2) is 8.42 Å². The maximum absolute atomic E-state index is 10.4. The van der Waals surface area contributed by atoms with E-state index >= 15 is 0 Å². The van der Waals surface area contributed by atoms with Crippen LogP contribution in [0.25, 0.3) is 0 Å². The second-order valence-electron chi connectivity index (χ2n) is 8.17. The van der Waals surface area contributed by atoms with Crippen LogP contribution in [0.15, 0.2) is 29.2 Å². The van der Waals surface area contributed by atoms with E-state index in [1.165, 1.54) is 76.5 Å². The first-order chi connectivity index (χ1) is 13.1. The maximum Gasteiger partial charge on any atom is 0.124 e. The highest BCUT2D eigenvalue weighted by atomic mass is 35.5. The molecule has 0 aliphatic carbocycles. The molecular formula is C22H40ClNO3S. The summed E-state index contributed by atoms with van der Waals surface area (Å²) in [5, 5.41) is 0. The average molecular weight is 434 g/mol. The molecular weight excluding hydrogens is 394 g/mol. The summed E-state index contributed by atoms with van der Waals surface area (Å²) in [6.07, 6.45) is 12.7. The van der Waals surface area contributed by atoms with E-state index in [1.807, 2.05) is 6.92 Å². The minimum absolute atomic E-state index is 0.178. The van der Waals surface area contributed by atoms with Crippen LogP contribution >= 0.6 is 11.6 Å². The maximum atomic E-state index is 10.4. The van der Waals surface area contributed by atoms with Crippen molar-refractivity contribution in [2.24, 2.45) is 0 Å². The topological polar surface area (TPSA) is 57.2 Å². The lowest BCUT2D eigenvalue weighted by atomic mass is 10.1. The van der Waals surface area contributed by atoms with E-state index in [0.29, 0.717) is 0 Å². The quantitative estimate of drug-likeness (QED) is 0.173. The number of rotatable bonds is 13. The Hall–Kier alpha value is -0.620. The van der Waals surface area contributed by atoms with Crippen LogP contribution in [0.3, 0.4) is 0 Å². The van der Waals surface area contributed by atoms with Gasteiger partial charge in [0.2, 0.25) is 0 Å². The Morgan fingerprint density at radius 2 is 1.32 bits per heavy atom. The second kappa shape index (κ2) is 15.3. The molecule has 0 spiro atoms. The fourth-order valence-electron chi connectivity index (χ4n) is 2.90. The van der Waals surface area contributed by atoms with Gasteiger partial charge in [0, 0.05) is 0 Å². The van der Waals surface area contributed by atoms with Gasteiger partial charge in [-0.1, -0.05) is 69.6 Å². The van der Waals surface area contributed by atoms with Crippen LogP contribution < -0.4 is 0 Å². The van der Waals surface area contributed by atoms with Gasteiger partial charge in [-0.15, -0.1) is 11.6 Å². The zero-order valence-corrected chi connectivity index (χ0v) is 19.8. The van der Waals surface area contributed by atoms with Crippen molar-refractivity contribution < 1.29 is 17.5 Å². The van der Waals surface area contributed by atoms with Gasteiger partial charge in [0.1, 0.15) is 10.1 Å². The van der Waals surface area contributed by atoms with Crippen LogP contribution in [0, 0.1) is 6.92 Å². The van der Waals surface area contributed by atoms with Crippen molar-refractivity contribution in [1.82, 2.24) is 0 Å². The molecule has 0 N–H and O–H groups in total. The number of hydrogen-bond acceptors (Lipinski definition) is 3. The van der Waals surface area contributed by atoms with Crippen molar-refractivity contribution >= 4 is 21.7 Å². The Morgan fingerprint density at radius 1 is 0.857 bits per heavy atom. The summed E-state index contributed by atoms with van der Waals surface area (Å²) in [4.78, 5) is -0.178. The van der Waals surface area contributed by atoms with Crippen molar-refractivity contribution in [3.63, 3.8) is 0 Å². The molecule has 4 nitrogen and oxygen atoms in total. The lowest BCUT2D eigenvalue weighted by Crippen LogP contribution is -2.41. The molecule has 0 fully saturated rings. The summed E-state index contributed by atoms with van der Waals surface area (Å²) >= 11 is 5.79. The highest BCUT2D eigenvalue weighted by Crippen LogP contribution is 2.11. The van der Waals surface area contributed by atoms with Crippen molar-refractivity contribution in [3.8, 4) is 0 Å². The summed E-state index contributed by atoms with van der Waals surface area (Å²) in [5.41, 5.74) is 0.928. The molecule has 0 saturated carbocycles. The Kier molecular flexibility index (Phi) is 14.9. The van der Waals surface area contributed by atoms with Gasteiger partial charge in [-0.2, -0.15) is 0 Å². The third kappa shape index (κ3) is 15.3. The molecule has 6 heteroatoms. The monoisotopic (exact) mass is 433 g/mol. The van der Waals surface area contributed by atoms with Crippen LogP contribution in [0.5, 0.6) is 0 Å². The number of quaternary nitrogens is 1. The number of alkyl halides is 1. The third-order valence-electron chi connectivity index (χ3n) is 4.87. The van der Waals surface area contributed by atoms with Crippen molar-refractivity contribution in [1.29, 1.82) is 0 Å². The predicted octanol–water partition coefficient (Wildman–Crippen LogP) is 5.73. The fraction of sp³-hybridized carbons (Fsp3) is 0.727. The van der Waals surface area contributed by atoms with Crippen molar-refractivity contribution in [3.05, 3.63) is 29.8 Å². The van der Waals surface area contributed by atoms with Gasteiger partial charge in [0.25, 0.3) is 0 Å². The van der Waals surface area contributed by atoms with E-state index < -0.39 is 10.1 Å². The Labute approximate surface area is 178 Å². The summed E-state index contributed by atoms with van der Waals surface area (Å²) in [6.45, 7) is 6.48. The first-order valence-electron chi connectivity index (χ1n) is 10.5. The zero-order valence-electron chi connectivity index (χ0n) is 18.3. The van der Waals surface area contributed by atoms with Crippen LogP contribution in [-0.2, 0) is 10.1 Å². The Balaban J connectivity index is 0.000000567. The molecule has 0 amide bonds. The van der Waals surface area contributed by atoms with Crippen LogP contribution in [0.2, 0.25) is 0 Å². The number of benzene rings is 1. The minimum atomic E-state index is -4.27. The molecule has 0 heterocycles. The van der Waals surface area contributed by atoms with Gasteiger partial charge < -0.3 is 9.04 Å². The van der Waals surface area contributed by atoms with E-state index in [2.05, 4.69) is 21.0 Å². The van der Waals surface area contributed by atoms with Gasteiger partial charge in [-0.05, 0) is 31.9 Å². The molecule has 0 radical (unpaired) electrons. The van der Waals surface area contributed by atoms with E-state index in [-0.39, 0.29) is 4.90 Å². The van der Waals surface area contributed by atoms with Crippen molar-refractivity contribution in [2.75, 3.05) is 33.1 Å². The van der Waals surface area contributed by atoms with Crippen LogP contribution in [-0.4, -0.2) is 50.5 Å². The molecule has 1 aromatic rings. The first kappa shape index (κ1) is 27.4. The molecule has 0 unspecified atom stereocenters. The molecule has 0 aromatic heterocycles. The lowest BCUT2D eigenvalue weighted by Gasteiger charge is -2.28. The number of unbranched alkanes of at least 4 members (excludes halogenated alkanes) is 8. The molecule has 1 aromatic carbocycles. The van der Waals surface area contributed by atoms with E-state index in [0.717, 1.165) is 22.5 Å². The number of aryl methyl sites for hydroxylation is 1. The summed E-state index contributed by atoms with van der Waals surface area (Å²) in [7, 11) is 0.300. The summed E-state index contributed by atoms with van der Waals surface area (Å²) in [6, 6.07) is 5.78. The van der Waals surface area contributed by atoms with Crippen LogP contribution in [0.4, 0.5) is 0 Å². The molecule has 0 saturated heterocycles.